The largest absolute Gasteiger partial charge is 0.347 e. The van der Waals surface area contributed by atoms with Crippen molar-refractivity contribution in [2.45, 2.75) is 6.92 Å². The number of likely N-dealkylation sites (N-methyl/N-ethyl adjacent to an activating group) is 2. The third kappa shape index (κ3) is 3.96. The van der Waals surface area contributed by atoms with Gasteiger partial charge in [0.15, 0.2) is 0 Å². The zero-order valence-electron chi connectivity index (χ0n) is 10.1. The second-order valence-electron chi connectivity index (χ2n) is 3.76. The fourth-order valence-electron chi connectivity index (χ4n) is 1.28. The minimum absolute atomic E-state index is 0.0588. The molecule has 4 nitrogen and oxygen atoms in total. The van der Waals surface area contributed by atoms with E-state index in [2.05, 4.69) is 36.8 Å². The highest BCUT2D eigenvalue weighted by Crippen LogP contribution is 2.26. The zero-order valence-corrected chi connectivity index (χ0v) is 13.2. The first-order valence-electron chi connectivity index (χ1n) is 5.21. The van der Waals surface area contributed by atoms with Gasteiger partial charge in [0.05, 0.1) is 11.0 Å². The quantitative estimate of drug-likeness (QED) is 0.823. The molecule has 0 N–H and O–H groups in total. The molecule has 0 fully saturated rings. The van der Waals surface area contributed by atoms with Crippen molar-refractivity contribution in [3.63, 3.8) is 0 Å². The Morgan fingerprint density at radius 1 is 1.41 bits per heavy atom. The Bertz CT molecular complexity index is 410. The van der Waals surface area contributed by atoms with Crippen LogP contribution in [0.3, 0.4) is 0 Å². The van der Waals surface area contributed by atoms with Crippen molar-refractivity contribution in [3.8, 4) is 0 Å². The summed E-state index contributed by atoms with van der Waals surface area (Å²) in [7, 11) is 3.50. The topological polar surface area (TPSA) is 36.4 Å². The number of aromatic nitrogens is 1. The fourth-order valence-corrected chi connectivity index (χ4v) is 2.52. The summed E-state index contributed by atoms with van der Waals surface area (Å²) in [6.07, 6.45) is 1.73. The van der Waals surface area contributed by atoms with Crippen molar-refractivity contribution in [1.82, 2.24) is 9.88 Å². The van der Waals surface area contributed by atoms with E-state index in [1.807, 2.05) is 17.9 Å². The molecule has 1 heterocycles. The molecular weight excluding hydrogens is 350 g/mol. The lowest BCUT2D eigenvalue weighted by molar-refractivity contribution is -0.127. The molecule has 0 spiro atoms. The van der Waals surface area contributed by atoms with Crippen LogP contribution in [0.25, 0.3) is 0 Å². The number of halogens is 2. The van der Waals surface area contributed by atoms with Gasteiger partial charge in [-0.3, -0.25) is 4.79 Å². The Labute approximate surface area is 118 Å². The first kappa shape index (κ1) is 14.4. The first-order chi connectivity index (χ1) is 7.95. The van der Waals surface area contributed by atoms with E-state index in [0.717, 1.165) is 21.3 Å². The summed E-state index contributed by atoms with van der Waals surface area (Å²) in [4.78, 5) is 19.5. The summed E-state index contributed by atoms with van der Waals surface area (Å²) >= 11 is 6.81. The van der Waals surface area contributed by atoms with Crippen molar-refractivity contribution in [1.29, 1.82) is 0 Å². The minimum atomic E-state index is 0.0588. The standard InChI is InChI=1S/C11H15Br2N3O/c1-4-16(7-10(17)15(2)3)11-9(13)5-8(12)6-14-11/h5-6H,4,7H2,1-3H3. The summed E-state index contributed by atoms with van der Waals surface area (Å²) < 4.78 is 1.78. The van der Waals surface area contributed by atoms with Crippen LogP contribution in [0.2, 0.25) is 0 Å². The maximum Gasteiger partial charge on any atom is 0.241 e. The van der Waals surface area contributed by atoms with Crippen molar-refractivity contribution < 1.29 is 4.79 Å². The molecular formula is C11H15Br2N3O. The van der Waals surface area contributed by atoms with Gasteiger partial charge in [-0.25, -0.2) is 4.98 Å². The van der Waals surface area contributed by atoms with E-state index in [4.69, 9.17) is 0 Å². The van der Waals surface area contributed by atoms with Gasteiger partial charge in [-0.2, -0.15) is 0 Å². The van der Waals surface area contributed by atoms with Crippen LogP contribution in [0.5, 0.6) is 0 Å². The second kappa shape index (κ2) is 6.35. The van der Waals surface area contributed by atoms with Crippen molar-refractivity contribution in [2.75, 3.05) is 32.1 Å². The van der Waals surface area contributed by atoms with Crippen LogP contribution in [0.1, 0.15) is 6.92 Å². The van der Waals surface area contributed by atoms with Gasteiger partial charge in [-0.1, -0.05) is 0 Å². The molecule has 0 radical (unpaired) electrons. The molecule has 0 unspecified atom stereocenters. The van der Waals surface area contributed by atoms with E-state index in [0.29, 0.717) is 6.54 Å². The van der Waals surface area contributed by atoms with Gasteiger partial charge >= 0.3 is 0 Å². The number of carbonyl (C=O) groups excluding carboxylic acids is 1. The number of hydrogen-bond donors (Lipinski definition) is 0. The fraction of sp³-hybridized carbons (Fsp3) is 0.455. The monoisotopic (exact) mass is 363 g/mol. The van der Waals surface area contributed by atoms with E-state index in [1.54, 1.807) is 25.2 Å². The summed E-state index contributed by atoms with van der Waals surface area (Å²) in [6, 6.07) is 1.92. The second-order valence-corrected chi connectivity index (χ2v) is 5.53. The lowest BCUT2D eigenvalue weighted by atomic mass is 10.4. The van der Waals surface area contributed by atoms with Crippen LogP contribution in [-0.4, -0.2) is 43.0 Å². The van der Waals surface area contributed by atoms with Crippen molar-refractivity contribution >= 4 is 43.6 Å². The number of hydrogen-bond acceptors (Lipinski definition) is 3. The number of rotatable bonds is 4. The summed E-state index contributed by atoms with van der Waals surface area (Å²) in [5.41, 5.74) is 0. The van der Waals surface area contributed by atoms with Gasteiger partial charge in [0.1, 0.15) is 5.82 Å². The third-order valence-electron chi connectivity index (χ3n) is 2.29. The number of pyridine rings is 1. The van der Waals surface area contributed by atoms with Gasteiger partial charge in [-0.05, 0) is 44.8 Å². The van der Waals surface area contributed by atoms with Crippen LogP contribution in [0.4, 0.5) is 5.82 Å². The third-order valence-corrected chi connectivity index (χ3v) is 3.31. The SMILES string of the molecule is CCN(CC(=O)N(C)C)c1ncc(Br)cc1Br. The number of carbonyl (C=O) groups is 1. The van der Waals surface area contributed by atoms with E-state index < -0.39 is 0 Å². The molecule has 1 aromatic rings. The molecule has 6 heteroatoms. The predicted molar refractivity (Wildman–Crippen MR) is 76.2 cm³/mol. The Hall–Kier alpha value is -0.620. The first-order valence-corrected chi connectivity index (χ1v) is 6.80. The summed E-state index contributed by atoms with van der Waals surface area (Å²) in [6.45, 7) is 3.06. The molecule has 0 saturated heterocycles. The molecule has 0 aliphatic heterocycles. The van der Waals surface area contributed by atoms with E-state index in [1.165, 1.54) is 0 Å². The molecule has 0 aliphatic rings. The molecule has 17 heavy (non-hydrogen) atoms. The molecule has 0 atom stereocenters. The Morgan fingerprint density at radius 3 is 2.53 bits per heavy atom. The highest BCUT2D eigenvalue weighted by Gasteiger charge is 2.15. The van der Waals surface area contributed by atoms with Crippen LogP contribution in [0, 0.1) is 0 Å². The normalized spacial score (nSPS) is 10.2. The van der Waals surface area contributed by atoms with E-state index in [-0.39, 0.29) is 5.91 Å². The van der Waals surface area contributed by atoms with Crippen LogP contribution >= 0.6 is 31.9 Å². The molecule has 94 valence electrons. The van der Waals surface area contributed by atoms with Crippen molar-refractivity contribution in [2.24, 2.45) is 0 Å². The maximum atomic E-state index is 11.7. The molecule has 0 aliphatic carbocycles. The highest BCUT2D eigenvalue weighted by atomic mass is 79.9. The Morgan fingerprint density at radius 2 is 2.06 bits per heavy atom. The lowest BCUT2D eigenvalue weighted by Gasteiger charge is -2.24. The Kier molecular flexibility index (Phi) is 5.39. The van der Waals surface area contributed by atoms with Gasteiger partial charge in [0.2, 0.25) is 5.91 Å². The molecule has 0 bridgehead atoms. The van der Waals surface area contributed by atoms with Gasteiger partial charge < -0.3 is 9.80 Å². The van der Waals surface area contributed by atoms with Gasteiger partial charge in [0, 0.05) is 31.3 Å². The smallest absolute Gasteiger partial charge is 0.241 e. The molecule has 1 aromatic heterocycles. The van der Waals surface area contributed by atoms with Crippen molar-refractivity contribution in [3.05, 3.63) is 21.2 Å². The minimum Gasteiger partial charge on any atom is -0.347 e. The lowest BCUT2D eigenvalue weighted by Crippen LogP contribution is -2.37. The maximum absolute atomic E-state index is 11.7. The average Bonchev–Trinajstić information content (AvgIpc) is 2.26. The van der Waals surface area contributed by atoms with E-state index in [9.17, 15) is 4.79 Å². The molecule has 0 saturated carbocycles. The summed E-state index contributed by atoms with van der Waals surface area (Å²) in [5.74, 6) is 0.842. The van der Waals surface area contributed by atoms with Gasteiger partial charge in [-0.15, -0.1) is 0 Å². The molecule has 0 aromatic carbocycles. The predicted octanol–water partition coefficient (Wildman–Crippen LogP) is 2.52. The highest BCUT2D eigenvalue weighted by molar-refractivity contribution is 9.11. The number of anilines is 1. The van der Waals surface area contributed by atoms with Crippen LogP contribution < -0.4 is 4.90 Å². The van der Waals surface area contributed by atoms with Crippen LogP contribution in [0.15, 0.2) is 21.2 Å². The van der Waals surface area contributed by atoms with E-state index >= 15 is 0 Å². The van der Waals surface area contributed by atoms with Gasteiger partial charge in [0.25, 0.3) is 0 Å². The average molecular weight is 365 g/mol. The zero-order chi connectivity index (χ0) is 13.0. The number of nitrogens with zero attached hydrogens (tertiary/aromatic N) is 3. The molecule has 1 amide bonds. The Balaban J connectivity index is 2.90. The molecule has 1 rings (SSSR count). The van der Waals surface area contributed by atoms with Crippen LogP contribution in [-0.2, 0) is 4.79 Å². The number of amides is 1. The summed E-state index contributed by atoms with van der Waals surface area (Å²) in [5, 5.41) is 0.